The Balaban J connectivity index is 1.38. The number of hydrogen-bond donors (Lipinski definition) is 0. The van der Waals surface area contributed by atoms with Gasteiger partial charge in [0.25, 0.3) is 8.32 Å². The van der Waals surface area contributed by atoms with E-state index in [-0.39, 0.29) is 0 Å². The lowest BCUT2D eigenvalue weighted by Crippen LogP contribution is -2.60. The van der Waals surface area contributed by atoms with Crippen LogP contribution in [0.4, 0.5) is 0 Å². The molecule has 4 aliphatic rings. The molecule has 4 fully saturated rings. The van der Waals surface area contributed by atoms with Crippen LogP contribution in [0.1, 0.15) is 44.9 Å². The quantitative estimate of drug-likeness (QED) is 0.600. The molecule has 0 aliphatic heterocycles. The fourth-order valence-corrected chi connectivity index (χ4v) is 10.1. The third kappa shape index (κ3) is 3.21. The smallest absolute Gasteiger partial charge is 0.280 e. The fraction of sp³-hybridized carbons (Fsp3) is 0.462. The molecule has 4 aliphatic carbocycles. The third-order valence-corrected chi connectivity index (χ3v) is 11.4. The van der Waals surface area contributed by atoms with Crippen LogP contribution in [0.25, 0.3) is 0 Å². The molecule has 0 saturated heterocycles. The Morgan fingerprint density at radius 1 is 0.821 bits per heavy atom. The summed E-state index contributed by atoms with van der Waals surface area (Å²) in [5.74, 6) is 3.03. The summed E-state index contributed by atoms with van der Waals surface area (Å²) in [6.07, 6.45) is 10.2. The van der Waals surface area contributed by atoms with E-state index in [0.29, 0.717) is 5.41 Å². The largest absolute Gasteiger partial charge is 0.405 e. The van der Waals surface area contributed by atoms with E-state index in [2.05, 4.69) is 72.9 Å². The molecule has 0 unspecified atom stereocenters. The number of rotatable bonds is 7. The number of benzene rings is 2. The average molecular weight is 389 g/mol. The standard InChI is InChI=1S/C26H32OSi/c1-2-28(24-9-5-3-6-10-24,25-11-7-4-8-12-25)27-14-13-26-18-21-15-22(19-26)17-23(16-21)20-26/h2-12,21-23H,1,13-20H2. The second-order valence-electron chi connectivity index (χ2n) is 9.69. The van der Waals surface area contributed by atoms with Gasteiger partial charge in [0.05, 0.1) is 0 Å². The van der Waals surface area contributed by atoms with Crippen molar-refractivity contribution in [1.82, 2.24) is 0 Å². The molecule has 0 N–H and O–H groups in total. The van der Waals surface area contributed by atoms with Gasteiger partial charge < -0.3 is 4.43 Å². The van der Waals surface area contributed by atoms with Crippen molar-refractivity contribution in [2.75, 3.05) is 6.61 Å². The molecule has 2 heteroatoms. The average Bonchev–Trinajstić information content (AvgIpc) is 2.72. The van der Waals surface area contributed by atoms with E-state index in [1.54, 1.807) is 0 Å². The zero-order valence-corrected chi connectivity index (χ0v) is 17.9. The zero-order valence-electron chi connectivity index (χ0n) is 16.9. The maximum absolute atomic E-state index is 6.91. The second-order valence-corrected chi connectivity index (χ2v) is 13.0. The Morgan fingerprint density at radius 3 is 1.71 bits per heavy atom. The van der Waals surface area contributed by atoms with Crippen LogP contribution in [-0.4, -0.2) is 14.9 Å². The van der Waals surface area contributed by atoms with Crippen molar-refractivity contribution in [2.45, 2.75) is 44.9 Å². The van der Waals surface area contributed by atoms with Gasteiger partial charge in [0.1, 0.15) is 0 Å². The lowest BCUT2D eigenvalue weighted by atomic mass is 9.49. The first kappa shape index (κ1) is 18.4. The molecule has 1 nitrogen and oxygen atoms in total. The minimum Gasteiger partial charge on any atom is -0.405 e. The molecule has 2 aromatic carbocycles. The topological polar surface area (TPSA) is 9.23 Å². The minimum absolute atomic E-state index is 0.573. The van der Waals surface area contributed by atoms with Crippen molar-refractivity contribution in [3.63, 3.8) is 0 Å². The van der Waals surface area contributed by atoms with Gasteiger partial charge in [0.15, 0.2) is 0 Å². The summed E-state index contributed by atoms with van der Waals surface area (Å²) >= 11 is 0. The van der Waals surface area contributed by atoms with Crippen LogP contribution < -0.4 is 10.4 Å². The Hall–Kier alpha value is -1.64. The lowest BCUT2D eigenvalue weighted by Gasteiger charge is -2.57. The predicted octanol–water partition coefficient (Wildman–Crippen LogP) is 5.09. The molecular weight excluding hydrogens is 356 g/mol. The summed E-state index contributed by atoms with van der Waals surface area (Å²) < 4.78 is 6.91. The normalized spacial score (nSPS) is 31.1. The van der Waals surface area contributed by atoms with Gasteiger partial charge in [0, 0.05) is 6.61 Å². The van der Waals surface area contributed by atoms with Crippen molar-refractivity contribution >= 4 is 18.7 Å². The SMILES string of the molecule is C=C[Si](OCCC12CC3CC(CC(C3)C1)C2)(c1ccccc1)c1ccccc1. The summed E-state index contributed by atoms with van der Waals surface area (Å²) in [6, 6.07) is 21.6. The molecule has 6 rings (SSSR count). The molecule has 0 atom stereocenters. The van der Waals surface area contributed by atoms with Crippen molar-refractivity contribution in [1.29, 1.82) is 0 Å². The van der Waals surface area contributed by atoms with Crippen LogP contribution >= 0.6 is 0 Å². The first-order valence-electron chi connectivity index (χ1n) is 11.1. The maximum atomic E-state index is 6.91. The highest BCUT2D eigenvalue weighted by Crippen LogP contribution is 2.61. The molecule has 0 spiro atoms. The van der Waals surface area contributed by atoms with Crippen LogP contribution in [-0.2, 0) is 4.43 Å². The van der Waals surface area contributed by atoms with Gasteiger partial charge in [-0.1, -0.05) is 66.4 Å². The molecule has 2 aromatic rings. The van der Waals surface area contributed by atoms with Crippen LogP contribution in [0.3, 0.4) is 0 Å². The summed E-state index contributed by atoms with van der Waals surface area (Å²) in [7, 11) is -2.39. The van der Waals surface area contributed by atoms with Crippen LogP contribution in [0, 0.1) is 23.2 Å². The molecule has 146 valence electrons. The molecule has 0 radical (unpaired) electrons. The van der Waals surface area contributed by atoms with Gasteiger partial charge in [-0.2, -0.15) is 0 Å². The first-order chi connectivity index (χ1) is 13.7. The summed E-state index contributed by atoms with van der Waals surface area (Å²) in [5.41, 5.74) is 2.71. The molecule has 4 saturated carbocycles. The maximum Gasteiger partial charge on any atom is 0.280 e. The lowest BCUT2D eigenvalue weighted by molar-refractivity contribution is -0.0624. The van der Waals surface area contributed by atoms with E-state index < -0.39 is 8.32 Å². The number of hydrogen-bond acceptors (Lipinski definition) is 1. The van der Waals surface area contributed by atoms with Gasteiger partial charge in [-0.05, 0) is 78.5 Å². The molecular formula is C26H32OSi. The van der Waals surface area contributed by atoms with E-state index in [4.69, 9.17) is 4.43 Å². The highest BCUT2D eigenvalue weighted by Gasteiger charge is 2.50. The van der Waals surface area contributed by atoms with Crippen molar-refractivity contribution < 1.29 is 4.43 Å². The van der Waals surface area contributed by atoms with E-state index in [9.17, 15) is 0 Å². The molecule has 28 heavy (non-hydrogen) atoms. The monoisotopic (exact) mass is 388 g/mol. The highest BCUT2D eigenvalue weighted by molar-refractivity contribution is 7.01. The van der Waals surface area contributed by atoms with Crippen LogP contribution in [0.2, 0.25) is 0 Å². The van der Waals surface area contributed by atoms with Gasteiger partial charge in [-0.25, -0.2) is 0 Å². The summed E-state index contributed by atoms with van der Waals surface area (Å²) in [6.45, 7) is 5.14. The predicted molar refractivity (Wildman–Crippen MR) is 119 cm³/mol. The van der Waals surface area contributed by atoms with Crippen LogP contribution in [0.5, 0.6) is 0 Å². The zero-order chi connectivity index (χ0) is 19.0. The first-order valence-corrected chi connectivity index (χ1v) is 13.1. The van der Waals surface area contributed by atoms with Gasteiger partial charge in [0.2, 0.25) is 0 Å². The Kier molecular flexibility index (Phi) is 4.80. The Labute approximate surface area is 171 Å². The van der Waals surface area contributed by atoms with E-state index >= 15 is 0 Å². The summed E-state index contributed by atoms with van der Waals surface area (Å²) in [5, 5.41) is 2.61. The van der Waals surface area contributed by atoms with Gasteiger partial charge in [-0.3, -0.25) is 0 Å². The Bertz CT molecular complexity index is 738. The van der Waals surface area contributed by atoms with Gasteiger partial charge in [-0.15, -0.1) is 6.58 Å². The Morgan fingerprint density at radius 2 is 1.29 bits per heavy atom. The van der Waals surface area contributed by atoms with E-state index in [0.717, 1.165) is 24.4 Å². The summed E-state index contributed by atoms with van der Waals surface area (Å²) in [4.78, 5) is 0. The highest BCUT2D eigenvalue weighted by atomic mass is 28.4. The van der Waals surface area contributed by atoms with E-state index in [1.165, 1.54) is 55.3 Å². The third-order valence-electron chi connectivity index (χ3n) is 7.82. The van der Waals surface area contributed by atoms with Crippen molar-refractivity contribution in [3.05, 3.63) is 72.9 Å². The minimum atomic E-state index is -2.39. The molecule has 4 bridgehead atoms. The van der Waals surface area contributed by atoms with Gasteiger partial charge >= 0.3 is 0 Å². The molecule has 0 amide bonds. The molecule has 0 aromatic heterocycles. The fourth-order valence-electron chi connectivity index (χ4n) is 7.02. The molecule has 0 heterocycles. The van der Waals surface area contributed by atoms with Crippen molar-refractivity contribution in [2.24, 2.45) is 23.2 Å². The van der Waals surface area contributed by atoms with E-state index in [1.807, 2.05) is 0 Å². The second kappa shape index (κ2) is 7.31. The van der Waals surface area contributed by atoms with Crippen LogP contribution in [0.15, 0.2) is 72.9 Å². The van der Waals surface area contributed by atoms with Crippen molar-refractivity contribution in [3.8, 4) is 0 Å².